The van der Waals surface area contributed by atoms with Crippen molar-refractivity contribution in [2.75, 3.05) is 21.1 Å². The molecular weight excluding hydrogens is 244 g/mol. The molecule has 0 rings (SSSR count). The summed E-state index contributed by atoms with van der Waals surface area (Å²) in [6.07, 6.45) is 9.67. The smallest absolute Gasteiger partial charge is 0.0364 e. The zero-order valence-corrected chi connectivity index (χ0v) is 14.5. The van der Waals surface area contributed by atoms with Crippen LogP contribution in [0, 0.1) is 0 Å². The van der Waals surface area contributed by atoms with E-state index in [1.54, 1.807) is 0 Å². The van der Waals surface area contributed by atoms with Gasteiger partial charge in [-0.25, -0.2) is 0 Å². The first kappa shape index (κ1) is 18.6. The highest BCUT2D eigenvalue weighted by Crippen LogP contribution is 2.23. The van der Waals surface area contributed by atoms with Crippen LogP contribution in [-0.4, -0.2) is 30.9 Å². The van der Waals surface area contributed by atoms with E-state index in [2.05, 4.69) is 69.5 Å². The van der Waals surface area contributed by atoms with Gasteiger partial charge >= 0.3 is 0 Å². The van der Waals surface area contributed by atoms with Gasteiger partial charge in [0.15, 0.2) is 0 Å². The SMILES string of the molecule is C=C(/C(C)=C(/C=C\N(C)C)CC)N(C)/C(=C/CC)CC. The van der Waals surface area contributed by atoms with Gasteiger partial charge in [0.25, 0.3) is 0 Å². The summed E-state index contributed by atoms with van der Waals surface area (Å²) in [6.45, 7) is 13.0. The molecule has 0 aliphatic rings. The van der Waals surface area contributed by atoms with Gasteiger partial charge in [-0.15, -0.1) is 0 Å². The van der Waals surface area contributed by atoms with E-state index in [9.17, 15) is 0 Å². The number of nitrogens with zero attached hydrogens (tertiary/aromatic N) is 2. The molecule has 0 N–H and O–H groups in total. The van der Waals surface area contributed by atoms with Crippen molar-refractivity contribution < 1.29 is 0 Å². The second-order valence-electron chi connectivity index (χ2n) is 5.25. The average molecular weight is 276 g/mol. The highest BCUT2D eigenvalue weighted by atomic mass is 15.1. The second kappa shape index (κ2) is 9.46. The third kappa shape index (κ3) is 5.68. The molecule has 0 saturated heterocycles. The molecule has 0 aliphatic carbocycles. The molecule has 0 aliphatic heterocycles. The summed E-state index contributed by atoms with van der Waals surface area (Å²) in [7, 11) is 6.19. The Hall–Kier alpha value is -1.44. The van der Waals surface area contributed by atoms with Crippen LogP contribution in [0.5, 0.6) is 0 Å². The Morgan fingerprint density at radius 3 is 2.05 bits per heavy atom. The summed E-state index contributed by atoms with van der Waals surface area (Å²) < 4.78 is 0. The van der Waals surface area contributed by atoms with Crippen LogP contribution in [0.3, 0.4) is 0 Å². The summed E-state index contributed by atoms with van der Waals surface area (Å²) in [6, 6.07) is 0. The highest BCUT2D eigenvalue weighted by Gasteiger charge is 2.10. The number of hydrogen-bond acceptors (Lipinski definition) is 2. The van der Waals surface area contributed by atoms with E-state index < -0.39 is 0 Å². The Kier molecular flexibility index (Phi) is 8.78. The van der Waals surface area contributed by atoms with Crippen molar-refractivity contribution in [3.05, 3.63) is 47.5 Å². The molecule has 0 aromatic carbocycles. The van der Waals surface area contributed by atoms with Gasteiger partial charge in [0.1, 0.15) is 0 Å². The maximum atomic E-state index is 4.28. The minimum atomic E-state index is 1.02. The number of allylic oxidation sites excluding steroid dienone is 5. The molecule has 0 unspecified atom stereocenters. The topological polar surface area (TPSA) is 6.48 Å². The first-order valence-corrected chi connectivity index (χ1v) is 7.55. The summed E-state index contributed by atoms with van der Waals surface area (Å²) in [5.41, 5.74) is 5.03. The Labute approximate surface area is 126 Å². The number of hydrogen-bond donors (Lipinski definition) is 0. The Bertz CT molecular complexity index is 398. The van der Waals surface area contributed by atoms with Crippen LogP contribution in [0.4, 0.5) is 0 Å². The molecule has 0 saturated carbocycles. The van der Waals surface area contributed by atoms with E-state index in [1.165, 1.54) is 16.8 Å². The largest absolute Gasteiger partial charge is 0.383 e. The van der Waals surface area contributed by atoms with Crippen molar-refractivity contribution >= 4 is 0 Å². The van der Waals surface area contributed by atoms with E-state index in [4.69, 9.17) is 0 Å². The third-order valence-electron chi connectivity index (χ3n) is 3.51. The van der Waals surface area contributed by atoms with Gasteiger partial charge in [0.2, 0.25) is 0 Å². The fraction of sp³-hybridized carbons (Fsp3) is 0.556. The molecule has 0 spiro atoms. The highest BCUT2D eigenvalue weighted by molar-refractivity contribution is 5.37. The van der Waals surface area contributed by atoms with Crippen LogP contribution < -0.4 is 0 Å². The average Bonchev–Trinajstić information content (AvgIpc) is 2.43. The Balaban J connectivity index is 5.28. The van der Waals surface area contributed by atoms with E-state index in [0.29, 0.717) is 0 Å². The molecule has 0 heterocycles. The third-order valence-corrected chi connectivity index (χ3v) is 3.51. The van der Waals surface area contributed by atoms with Crippen molar-refractivity contribution in [3.8, 4) is 0 Å². The molecule has 2 nitrogen and oxygen atoms in total. The van der Waals surface area contributed by atoms with Crippen molar-refractivity contribution in [2.24, 2.45) is 0 Å². The lowest BCUT2D eigenvalue weighted by Crippen LogP contribution is -2.17. The molecular formula is C18H32N2. The lowest BCUT2D eigenvalue weighted by Gasteiger charge is -2.26. The molecule has 20 heavy (non-hydrogen) atoms. The van der Waals surface area contributed by atoms with Gasteiger partial charge in [-0.05, 0) is 49.6 Å². The van der Waals surface area contributed by atoms with Gasteiger partial charge in [-0.1, -0.05) is 33.4 Å². The summed E-state index contributed by atoms with van der Waals surface area (Å²) in [5, 5.41) is 0. The maximum absolute atomic E-state index is 4.28. The van der Waals surface area contributed by atoms with E-state index in [-0.39, 0.29) is 0 Å². The summed E-state index contributed by atoms with van der Waals surface area (Å²) in [4.78, 5) is 4.28. The van der Waals surface area contributed by atoms with E-state index in [0.717, 1.165) is 25.0 Å². The zero-order valence-electron chi connectivity index (χ0n) is 14.5. The molecule has 0 bridgehead atoms. The second-order valence-corrected chi connectivity index (χ2v) is 5.25. The monoisotopic (exact) mass is 276 g/mol. The van der Waals surface area contributed by atoms with Gasteiger partial charge < -0.3 is 9.80 Å². The first-order chi connectivity index (χ1) is 9.38. The van der Waals surface area contributed by atoms with Crippen LogP contribution in [-0.2, 0) is 0 Å². The van der Waals surface area contributed by atoms with E-state index in [1.807, 2.05) is 14.1 Å². The molecule has 0 fully saturated rings. The quantitative estimate of drug-likeness (QED) is 0.579. The van der Waals surface area contributed by atoms with Crippen molar-refractivity contribution in [1.29, 1.82) is 0 Å². The standard InChI is InChI=1S/C18H32N2/c1-9-12-18(11-3)20(8)16(5)15(4)17(10-2)13-14-19(6)7/h12-14H,5,9-11H2,1-4,6-8H3/b14-13-,17-15+,18-12+. The Morgan fingerprint density at radius 1 is 1.05 bits per heavy atom. The molecule has 114 valence electrons. The molecule has 0 radical (unpaired) electrons. The molecule has 0 aromatic heterocycles. The van der Waals surface area contributed by atoms with Gasteiger partial charge in [0, 0.05) is 32.5 Å². The lowest BCUT2D eigenvalue weighted by molar-refractivity contribution is 0.507. The fourth-order valence-corrected chi connectivity index (χ4v) is 2.11. The fourth-order valence-electron chi connectivity index (χ4n) is 2.11. The van der Waals surface area contributed by atoms with Gasteiger partial charge in [-0.2, -0.15) is 0 Å². The van der Waals surface area contributed by atoms with Crippen LogP contribution >= 0.6 is 0 Å². The predicted molar refractivity (Wildman–Crippen MR) is 91.4 cm³/mol. The van der Waals surface area contributed by atoms with Crippen molar-refractivity contribution in [3.63, 3.8) is 0 Å². The molecule has 2 heteroatoms. The Morgan fingerprint density at radius 2 is 1.65 bits per heavy atom. The van der Waals surface area contributed by atoms with Crippen LogP contribution in [0.15, 0.2) is 47.5 Å². The zero-order chi connectivity index (χ0) is 15.7. The number of likely N-dealkylation sites (N-methyl/N-ethyl adjacent to an activating group) is 1. The van der Waals surface area contributed by atoms with Crippen molar-refractivity contribution in [2.45, 2.75) is 47.0 Å². The lowest BCUT2D eigenvalue weighted by atomic mass is 10.0. The minimum Gasteiger partial charge on any atom is -0.383 e. The summed E-state index contributed by atoms with van der Waals surface area (Å²) in [5.74, 6) is 0. The van der Waals surface area contributed by atoms with Crippen LogP contribution in [0.25, 0.3) is 0 Å². The maximum Gasteiger partial charge on any atom is 0.0364 e. The predicted octanol–water partition coefficient (Wildman–Crippen LogP) is 4.94. The van der Waals surface area contributed by atoms with Crippen LogP contribution in [0.2, 0.25) is 0 Å². The molecule has 0 aromatic rings. The van der Waals surface area contributed by atoms with Gasteiger partial charge in [0.05, 0.1) is 0 Å². The molecule has 0 amide bonds. The number of rotatable bonds is 8. The van der Waals surface area contributed by atoms with Crippen LogP contribution in [0.1, 0.15) is 47.0 Å². The van der Waals surface area contributed by atoms with E-state index >= 15 is 0 Å². The van der Waals surface area contributed by atoms with Gasteiger partial charge in [-0.3, -0.25) is 0 Å². The van der Waals surface area contributed by atoms with Crippen molar-refractivity contribution in [1.82, 2.24) is 9.80 Å². The first-order valence-electron chi connectivity index (χ1n) is 7.55. The molecule has 0 atom stereocenters. The minimum absolute atomic E-state index is 1.02. The normalized spacial score (nSPS) is 13.4. The summed E-state index contributed by atoms with van der Waals surface area (Å²) >= 11 is 0.